The molecule has 3 rings (SSSR count). The fraction of sp³-hybridized carbons (Fsp3) is 0.333. The van der Waals surface area contributed by atoms with Crippen molar-refractivity contribution in [2.75, 3.05) is 18.0 Å². The highest BCUT2D eigenvalue weighted by molar-refractivity contribution is 7.16. The van der Waals surface area contributed by atoms with Gasteiger partial charge in [0.15, 0.2) is 0 Å². The quantitative estimate of drug-likeness (QED) is 0.489. The summed E-state index contributed by atoms with van der Waals surface area (Å²) >= 11 is 1.56. The van der Waals surface area contributed by atoms with E-state index in [2.05, 4.69) is 15.0 Å². The molecular weight excluding hydrogens is 262 g/mol. The lowest BCUT2D eigenvalue weighted by Gasteiger charge is -2.16. The van der Waals surface area contributed by atoms with Crippen LogP contribution >= 0.6 is 11.3 Å². The van der Waals surface area contributed by atoms with Gasteiger partial charge in [-0.15, -0.1) is 11.3 Å². The van der Waals surface area contributed by atoms with Crippen molar-refractivity contribution in [2.24, 2.45) is 11.0 Å². The molecule has 1 unspecified atom stereocenters. The zero-order chi connectivity index (χ0) is 13.2. The fourth-order valence-electron chi connectivity index (χ4n) is 2.32. The van der Waals surface area contributed by atoms with Gasteiger partial charge in [0, 0.05) is 30.1 Å². The van der Waals surface area contributed by atoms with Crippen LogP contribution in [0.15, 0.2) is 28.8 Å². The number of rotatable bonds is 3. The second kappa shape index (κ2) is 4.87. The van der Waals surface area contributed by atoms with Crippen LogP contribution in [0.25, 0.3) is 20.7 Å². The number of anilines is 1. The van der Waals surface area contributed by atoms with E-state index in [9.17, 15) is 4.79 Å². The third-order valence-corrected chi connectivity index (χ3v) is 4.03. The summed E-state index contributed by atoms with van der Waals surface area (Å²) in [6.45, 7) is 0.990. The van der Waals surface area contributed by atoms with Crippen LogP contribution in [-0.4, -0.2) is 24.0 Å². The summed E-state index contributed by atoms with van der Waals surface area (Å²) in [6.07, 6.45) is 0.444. The van der Waals surface area contributed by atoms with Crippen LogP contribution in [0.5, 0.6) is 0 Å². The molecule has 1 saturated heterocycles. The molecule has 2 aromatic rings. The van der Waals surface area contributed by atoms with Crippen molar-refractivity contribution in [3.63, 3.8) is 0 Å². The van der Waals surface area contributed by atoms with Crippen LogP contribution in [-0.2, 0) is 4.79 Å². The molecule has 0 N–H and O–H groups in total. The van der Waals surface area contributed by atoms with Gasteiger partial charge in [0.1, 0.15) is 0 Å². The smallest absolute Gasteiger partial charge is 0.227 e. The second-order valence-electron chi connectivity index (χ2n) is 4.49. The van der Waals surface area contributed by atoms with E-state index in [1.807, 2.05) is 18.2 Å². The number of hydrogen-bond donors (Lipinski definition) is 0. The third-order valence-electron chi connectivity index (χ3n) is 3.23. The number of aromatic nitrogens is 1. The Morgan fingerprint density at radius 3 is 3.32 bits per heavy atom. The first-order valence-electron chi connectivity index (χ1n) is 5.92. The molecule has 0 bridgehead atoms. The van der Waals surface area contributed by atoms with E-state index in [1.165, 1.54) is 0 Å². The number of azide groups is 1. The summed E-state index contributed by atoms with van der Waals surface area (Å²) in [4.78, 5) is 20.7. The first kappa shape index (κ1) is 12.0. The Labute approximate surface area is 113 Å². The Morgan fingerprint density at radius 1 is 1.58 bits per heavy atom. The first-order valence-corrected chi connectivity index (χ1v) is 6.80. The predicted octanol–water partition coefficient (Wildman–Crippen LogP) is 2.96. The van der Waals surface area contributed by atoms with Crippen molar-refractivity contribution < 1.29 is 4.79 Å². The zero-order valence-corrected chi connectivity index (χ0v) is 10.9. The van der Waals surface area contributed by atoms with Crippen LogP contribution in [0.2, 0.25) is 0 Å². The van der Waals surface area contributed by atoms with Gasteiger partial charge in [0.2, 0.25) is 5.91 Å². The molecule has 2 heterocycles. The van der Waals surface area contributed by atoms with Gasteiger partial charge in [-0.05, 0) is 29.6 Å². The van der Waals surface area contributed by atoms with Crippen molar-refractivity contribution in [2.45, 2.75) is 6.42 Å². The van der Waals surface area contributed by atoms with E-state index >= 15 is 0 Å². The summed E-state index contributed by atoms with van der Waals surface area (Å²) < 4.78 is 1.07. The molecule has 0 spiro atoms. The molecule has 0 aliphatic carbocycles. The number of carbonyl (C=O) groups excluding carboxylic acids is 1. The molecule has 1 aromatic heterocycles. The van der Waals surface area contributed by atoms with Crippen molar-refractivity contribution >= 4 is 33.1 Å². The number of carbonyl (C=O) groups is 1. The number of hydrogen-bond acceptors (Lipinski definition) is 4. The Kier molecular flexibility index (Phi) is 3.06. The third kappa shape index (κ3) is 2.25. The Hall–Kier alpha value is -2.11. The average molecular weight is 273 g/mol. The van der Waals surface area contributed by atoms with Crippen molar-refractivity contribution in [1.29, 1.82) is 0 Å². The van der Waals surface area contributed by atoms with Gasteiger partial charge >= 0.3 is 0 Å². The van der Waals surface area contributed by atoms with Crippen LogP contribution in [0, 0.1) is 5.92 Å². The SMILES string of the molecule is [N-]=[N+]=NCC1CC(=O)N(c2ccc3ncsc3c2)C1. The van der Waals surface area contributed by atoms with Gasteiger partial charge in [0.05, 0.1) is 15.7 Å². The van der Waals surface area contributed by atoms with Gasteiger partial charge in [-0.3, -0.25) is 4.79 Å². The van der Waals surface area contributed by atoms with Crippen molar-refractivity contribution in [1.82, 2.24) is 4.98 Å². The summed E-state index contributed by atoms with van der Waals surface area (Å²) in [7, 11) is 0. The molecule has 1 aliphatic rings. The molecule has 0 saturated carbocycles. The van der Waals surface area contributed by atoms with E-state index in [0.29, 0.717) is 19.5 Å². The highest BCUT2D eigenvalue weighted by atomic mass is 32.1. The molecule has 1 aliphatic heterocycles. The Balaban J connectivity index is 1.85. The van der Waals surface area contributed by atoms with E-state index in [4.69, 9.17) is 5.53 Å². The summed E-state index contributed by atoms with van der Waals surface area (Å²) in [5.74, 6) is 0.197. The molecule has 1 aromatic carbocycles. The lowest BCUT2D eigenvalue weighted by atomic mass is 10.1. The van der Waals surface area contributed by atoms with E-state index < -0.39 is 0 Å². The predicted molar refractivity (Wildman–Crippen MR) is 74.1 cm³/mol. The number of benzene rings is 1. The molecule has 1 amide bonds. The topological polar surface area (TPSA) is 82.0 Å². The second-order valence-corrected chi connectivity index (χ2v) is 5.38. The van der Waals surface area contributed by atoms with Gasteiger partial charge in [0.25, 0.3) is 0 Å². The number of nitrogens with zero attached hydrogens (tertiary/aromatic N) is 5. The normalized spacial score (nSPS) is 18.8. The van der Waals surface area contributed by atoms with E-state index in [0.717, 1.165) is 15.9 Å². The van der Waals surface area contributed by atoms with Crippen molar-refractivity contribution in [3.8, 4) is 0 Å². The lowest BCUT2D eigenvalue weighted by Crippen LogP contribution is -2.24. The lowest BCUT2D eigenvalue weighted by molar-refractivity contribution is -0.117. The van der Waals surface area contributed by atoms with Crippen molar-refractivity contribution in [3.05, 3.63) is 34.2 Å². The fourth-order valence-corrected chi connectivity index (χ4v) is 3.03. The molecule has 19 heavy (non-hydrogen) atoms. The number of fused-ring (bicyclic) bond motifs is 1. The van der Waals surface area contributed by atoms with Gasteiger partial charge in [-0.25, -0.2) is 4.98 Å². The minimum Gasteiger partial charge on any atom is -0.312 e. The highest BCUT2D eigenvalue weighted by Crippen LogP contribution is 2.29. The van der Waals surface area contributed by atoms with Gasteiger partial charge < -0.3 is 4.90 Å². The number of thiazole rings is 1. The minimum atomic E-state index is 0.0852. The monoisotopic (exact) mass is 273 g/mol. The molecule has 1 atom stereocenters. The standard InChI is InChI=1S/C12H11N5OS/c13-16-15-5-8-3-12(18)17(6-8)9-1-2-10-11(4-9)19-7-14-10/h1-2,4,7-8H,3,5-6H2. The summed E-state index contributed by atoms with van der Waals surface area (Å²) in [5.41, 5.74) is 12.0. The van der Waals surface area contributed by atoms with Gasteiger partial charge in [-0.2, -0.15) is 0 Å². The highest BCUT2D eigenvalue weighted by Gasteiger charge is 2.30. The molecule has 96 valence electrons. The maximum atomic E-state index is 12.0. The number of amides is 1. The van der Waals surface area contributed by atoms with Crippen LogP contribution < -0.4 is 4.90 Å². The molecular formula is C12H11N5OS. The summed E-state index contributed by atoms with van der Waals surface area (Å²) in [5, 5.41) is 3.55. The molecule has 6 nitrogen and oxygen atoms in total. The first-order chi connectivity index (χ1) is 9.28. The summed E-state index contributed by atoms with van der Waals surface area (Å²) in [6, 6.07) is 5.83. The van der Waals surface area contributed by atoms with E-state index in [-0.39, 0.29) is 11.8 Å². The zero-order valence-electron chi connectivity index (χ0n) is 10.1. The van der Waals surface area contributed by atoms with Gasteiger partial charge in [-0.1, -0.05) is 5.11 Å². The Morgan fingerprint density at radius 2 is 2.47 bits per heavy atom. The van der Waals surface area contributed by atoms with E-state index in [1.54, 1.807) is 21.7 Å². The van der Waals surface area contributed by atoms with Crippen LogP contribution in [0.4, 0.5) is 5.69 Å². The maximum Gasteiger partial charge on any atom is 0.227 e. The minimum absolute atomic E-state index is 0.0852. The molecule has 0 radical (unpaired) electrons. The van der Waals surface area contributed by atoms with Crippen LogP contribution in [0.3, 0.4) is 0 Å². The molecule has 1 fully saturated rings. The molecule has 7 heteroatoms. The average Bonchev–Trinajstić information content (AvgIpc) is 3.01. The van der Waals surface area contributed by atoms with Crippen LogP contribution in [0.1, 0.15) is 6.42 Å². The largest absolute Gasteiger partial charge is 0.312 e. The maximum absolute atomic E-state index is 12.0. The Bertz CT molecular complexity index is 676.